The average Bonchev–Trinajstić information content (AvgIpc) is 3.17. The molecule has 2 aromatic carbocycles. The SMILES string of the molecule is CCC1(O)CC(OC2CC([NH+](C)C)C(OC3CC(O)C(OC4CCC(=O)C(C)O4)C(C)O3)C(C)O2)c2c(cc3c(c2O)C(=O)c2c(O)cccc2C3=O)C1C(=O)OC. The lowest BCUT2D eigenvalue weighted by molar-refractivity contribution is -0.894. The minimum absolute atomic E-state index is 0.00770. The maximum atomic E-state index is 13.9. The number of hydrogen-bond donors (Lipinski definition) is 5. The summed E-state index contributed by atoms with van der Waals surface area (Å²) in [5.74, 6) is -4.57. The van der Waals surface area contributed by atoms with Gasteiger partial charge < -0.3 is 58.5 Å². The van der Waals surface area contributed by atoms with Crippen LogP contribution in [0.2, 0.25) is 0 Å². The molecule has 0 spiro atoms. The van der Waals surface area contributed by atoms with Gasteiger partial charge in [0.2, 0.25) is 5.78 Å². The van der Waals surface area contributed by atoms with Gasteiger partial charge >= 0.3 is 5.97 Å². The van der Waals surface area contributed by atoms with Crippen molar-refractivity contribution in [2.45, 2.75) is 145 Å². The molecule has 2 aromatic rings. The molecule has 316 valence electrons. The summed E-state index contributed by atoms with van der Waals surface area (Å²) >= 11 is 0. The van der Waals surface area contributed by atoms with Crippen LogP contribution >= 0.6 is 0 Å². The van der Waals surface area contributed by atoms with Crippen molar-refractivity contribution in [1.29, 1.82) is 0 Å². The number of phenolic OH excluding ortho intramolecular Hbond substituents is 2. The van der Waals surface area contributed by atoms with Crippen LogP contribution in [0.1, 0.15) is 121 Å². The van der Waals surface area contributed by atoms with Crippen LogP contribution in [-0.4, -0.2) is 132 Å². The smallest absolute Gasteiger partial charge is 0.316 e. The standard InChI is InChI=1S/C42H53NO15/c1-8-42(51)17-28(33-22(35(42)41(50)52-7)14-23-34(38(33)49)37(48)32-21(36(23)47)10-9-11-26(32)45)56-30-15-24(43(5)6)39(19(3)54-30)58-31-16-27(46)40(20(4)55-31)57-29-13-12-25(44)18(2)53-29/h9-11,14,18-20,24,27-31,35,39-40,45-46,49,51H,8,12-13,15-17H2,1-7H3/p+1. The molecule has 5 aliphatic rings. The highest BCUT2D eigenvalue weighted by molar-refractivity contribution is 6.30. The van der Waals surface area contributed by atoms with Gasteiger partial charge in [-0.2, -0.15) is 0 Å². The Hall–Kier alpha value is -3.84. The van der Waals surface area contributed by atoms with Gasteiger partial charge in [0, 0.05) is 42.4 Å². The predicted octanol–water partition coefficient (Wildman–Crippen LogP) is 1.74. The molecule has 0 bridgehead atoms. The van der Waals surface area contributed by atoms with Crippen LogP contribution < -0.4 is 4.90 Å². The quantitative estimate of drug-likeness (QED) is 0.195. The number of carbonyl (C=O) groups excluding carboxylic acids is 4. The zero-order chi connectivity index (χ0) is 42.0. The van der Waals surface area contributed by atoms with Gasteiger partial charge in [0.1, 0.15) is 41.8 Å². The largest absolute Gasteiger partial charge is 0.507 e. The fraction of sp³-hybridized carbons (Fsp3) is 0.619. The molecule has 5 N–H and O–H groups in total. The predicted molar refractivity (Wildman–Crippen MR) is 200 cm³/mol. The Morgan fingerprint density at radius 1 is 0.897 bits per heavy atom. The molecule has 0 aromatic heterocycles. The number of rotatable bonds is 9. The number of benzene rings is 2. The van der Waals surface area contributed by atoms with E-state index in [9.17, 15) is 39.6 Å². The molecule has 0 radical (unpaired) electrons. The monoisotopic (exact) mass is 812 g/mol. The summed E-state index contributed by atoms with van der Waals surface area (Å²) in [5, 5.41) is 45.9. The highest BCUT2D eigenvalue weighted by Crippen LogP contribution is 2.54. The van der Waals surface area contributed by atoms with Gasteiger partial charge in [-0.05, 0) is 44.9 Å². The van der Waals surface area contributed by atoms with Crippen LogP contribution in [0.15, 0.2) is 24.3 Å². The van der Waals surface area contributed by atoms with Gasteiger partial charge in [0.05, 0.1) is 68.8 Å². The number of ether oxygens (including phenoxy) is 7. The van der Waals surface area contributed by atoms with Crippen molar-refractivity contribution in [3.05, 3.63) is 57.6 Å². The number of fused-ring (bicyclic) bond motifs is 3. The molecule has 16 heteroatoms. The van der Waals surface area contributed by atoms with E-state index in [1.807, 2.05) is 21.0 Å². The van der Waals surface area contributed by atoms with Crippen molar-refractivity contribution < 1.29 is 77.7 Å². The van der Waals surface area contributed by atoms with Crippen molar-refractivity contribution in [3.63, 3.8) is 0 Å². The highest BCUT2D eigenvalue weighted by atomic mass is 16.7. The molecule has 7 rings (SSSR count). The number of esters is 1. The molecule has 13 unspecified atom stereocenters. The summed E-state index contributed by atoms with van der Waals surface area (Å²) < 4.78 is 42.7. The average molecular weight is 813 g/mol. The number of carbonyl (C=O) groups is 4. The highest BCUT2D eigenvalue weighted by Gasteiger charge is 2.54. The molecule has 3 saturated heterocycles. The van der Waals surface area contributed by atoms with Gasteiger partial charge in [-0.3, -0.25) is 19.2 Å². The lowest BCUT2D eigenvalue weighted by atomic mass is 9.67. The molecular weight excluding hydrogens is 758 g/mol. The number of aromatic hydroxyl groups is 2. The fourth-order valence-electron chi connectivity index (χ4n) is 9.36. The summed E-state index contributed by atoms with van der Waals surface area (Å²) in [7, 11) is 5.08. The van der Waals surface area contributed by atoms with Crippen LogP contribution in [0.3, 0.4) is 0 Å². The van der Waals surface area contributed by atoms with Crippen molar-refractivity contribution in [3.8, 4) is 11.5 Å². The Kier molecular flexibility index (Phi) is 11.9. The lowest BCUT2D eigenvalue weighted by Crippen LogP contribution is -3.12. The summed E-state index contributed by atoms with van der Waals surface area (Å²) in [6.45, 7) is 6.98. The first-order valence-electron chi connectivity index (χ1n) is 20.0. The van der Waals surface area contributed by atoms with E-state index in [0.717, 1.165) is 4.90 Å². The van der Waals surface area contributed by atoms with Gasteiger partial charge in [-0.25, -0.2) is 0 Å². The Morgan fingerprint density at radius 3 is 2.21 bits per heavy atom. The number of likely N-dealkylation sites (N-methyl/N-ethyl adjacent to an activating group) is 1. The van der Waals surface area contributed by atoms with Crippen molar-refractivity contribution in [2.24, 2.45) is 0 Å². The van der Waals surface area contributed by atoms with E-state index >= 15 is 0 Å². The summed E-state index contributed by atoms with van der Waals surface area (Å²) in [6.07, 6.45) is -6.46. The fourth-order valence-corrected chi connectivity index (χ4v) is 9.36. The summed E-state index contributed by atoms with van der Waals surface area (Å²) in [4.78, 5) is 54.1. The first kappa shape index (κ1) is 42.3. The topological polar surface area (TPSA) is 218 Å². The van der Waals surface area contributed by atoms with E-state index in [4.69, 9.17) is 33.2 Å². The number of Topliss-reactive ketones (excluding diaryl/α,β-unsaturated/α-hetero) is 1. The zero-order valence-corrected chi connectivity index (χ0v) is 33.8. The molecule has 0 saturated carbocycles. The molecule has 3 aliphatic heterocycles. The van der Waals surface area contributed by atoms with Crippen LogP contribution in [0.5, 0.6) is 11.5 Å². The number of quaternary nitrogens is 1. The Bertz CT molecular complexity index is 1940. The third-order valence-electron chi connectivity index (χ3n) is 12.5. The lowest BCUT2D eigenvalue weighted by Gasteiger charge is -2.47. The maximum absolute atomic E-state index is 13.9. The number of phenols is 2. The second-order valence-corrected chi connectivity index (χ2v) is 16.4. The molecule has 2 aliphatic carbocycles. The van der Waals surface area contributed by atoms with Crippen LogP contribution in [-0.2, 0) is 42.7 Å². The van der Waals surface area contributed by atoms with Crippen molar-refractivity contribution in [1.82, 2.24) is 0 Å². The number of nitrogens with one attached hydrogen (secondary N) is 1. The van der Waals surface area contributed by atoms with Crippen LogP contribution in [0, 0.1) is 0 Å². The second-order valence-electron chi connectivity index (χ2n) is 16.4. The maximum Gasteiger partial charge on any atom is 0.316 e. The number of aliphatic hydroxyl groups is 2. The van der Waals surface area contributed by atoms with E-state index in [1.165, 1.54) is 31.4 Å². The number of hydrogen-bond acceptors (Lipinski definition) is 15. The van der Waals surface area contributed by atoms with Crippen LogP contribution in [0.4, 0.5) is 0 Å². The van der Waals surface area contributed by atoms with Gasteiger partial charge in [0.25, 0.3) is 0 Å². The van der Waals surface area contributed by atoms with Gasteiger partial charge in [-0.1, -0.05) is 19.1 Å². The second kappa shape index (κ2) is 16.3. The van der Waals surface area contributed by atoms with Gasteiger partial charge in [0.15, 0.2) is 30.4 Å². The zero-order valence-electron chi connectivity index (χ0n) is 33.8. The van der Waals surface area contributed by atoms with E-state index < -0.39 is 102 Å². The van der Waals surface area contributed by atoms with Crippen LogP contribution in [0.25, 0.3) is 0 Å². The first-order valence-corrected chi connectivity index (χ1v) is 20.0. The number of methoxy groups -OCH3 is 1. The summed E-state index contributed by atoms with van der Waals surface area (Å²) in [6, 6.07) is 5.20. The number of ketones is 3. The Labute approximate surface area is 336 Å². The molecule has 58 heavy (non-hydrogen) atoms. The molecule has 13 atom stereocenters. The molecule has 16 nitrogen and oxygen atoms in total. The Balaban J connectivity index is 1.13. The van der Waals surface area contributed by atoms with Gasteiger partial charge in [-0.15, -0.1) is 0 Å². The molecule has 0 amide bonds. The Morgan fingerprint density at radius 2 is 1.57 bits per heavy atom. The van der Waals surface area contributed by atoms with Crippen molar-refractivity contribution in [2.75, 3.05) is 21.2 Å². The van der Waals surface area contributed by atoms with E-state index in [0.29, 0.717) is 12.8 Å². The molecule has 3 fully saturated rings. The normalized spacial score (nSPS) is 36.3. The first-order chi connectivity index (χ1) is 27.5. The van der Waals surface area contributed by atoms with E-state index in [2.05, 4.69) is 0 Å². The number of aliphatic hydroxyl groups excluding tert-OH is 1. The summed E-state index contributed by atoms with van der Waals surface area (Å²) in [5.41, 5.74) is -2.47. The van der Waals surface area contributed by atoms with E-state index in [-0.39, 0.29) is 70.9 Å². The molecular formula is C42H54NO15+. The third kappa shape index (κ3) is 7.47. The van der Waals surface area contributed by atoms with Crippen molar-refractivity contribution >= 4 is 23.3 Å². The van der Waals surface area contributed by atoms with E-state index in [1.54, 1.807) is 20.8 Å². The third-order valence-corrected chi connectivity index (χ3v) is 12.5. The minimum atomic E-state index is -1.75. The minimum Gasteiger partial charge on any atom is -0.507 e. The molecule has 3 heterocycles.